The molecule has 2 atom stereocenters. The molecular weight excluding hydrogens is 312 g/mol. The van der Waals surface area contributed by atoms with E-state index in [0.29, 0.717) is 12.5 Å². The molecule has 0 saturated carbocycles. The average Bonchev–Trinajstić information content (AvgIpc) is 2.33. The standard InChI is InChI=1S/C13H17BrN2OS/c1-8-7-18-11-4-3-9(14)5-10(11)13(8)16-12(17)6-15-2/h3-5,8,13,15H,6-7H2,1-2H3,(H,16,17)/t8-,13-/m1/s1. The molecule has 3 nitrogen and oxygen atoms in total. The van der Waals surface area contributed by atoms with Crippen molar-refractivity contribution in [2.45, 2.75) is 17.9 Å². The Labute approximate surface area is 120 Å². The normalized spacial score (nSPS) is 22.4. The summed E-state index contributed by atoms with van der Waals surface area (Å²) >= 11 is 5.36. The van der Waals surface area contributed by atoms with Crippen LogP contribution in [0.3, 0.4) is 0 Å². The monoisotopic (exact) mass is 328 g/mol. The maximum Gasteiger partial charge on any atom is 0.234 e. The zero-order valence-corrected chi connectivity index (χ0v) is 12.9. The molecule has 1 heterocycles. The average molecular weight is 329 g/mol. The number of carbonyl (C=O) groups is 1. The first-order chi connectivity index (χ1) is 8.61. The van der Waals surface area contributed by atoms with E-state index in [1.54, 1.807) is 7.05 Å². The first-order valence-corrected chi connectivity index (χ1v) is 7.76. The van der Waals surface area contributed by atoms with Gasteiger partial charge in [-0.2, -0.15) is 0 Å². The molecule has 0 fully saturated rings. The number of hydrogen-bond donors (Lipinski definition) is 2. The summed E-state index contributed by atoms with van der Waals surface area (Å²) in [4.78, 5) is 13.0. The summed E-state index contributed by atoms with van der Waals surface area (Å²) in [6.45, 7) is 2.54. The summed E-state index contributed by atoms with van der Waals surface area (Å²) in [6.07, 6.45) is 0. The van der Waals surface area contributed by atoms with Gasteiger partial charge in [-0.1, -0.05) is 22.9 Å². The number of benzene rings is 1. The number of halogens is 1. The minimum Gasteiger partial charge on any atom is -0.348 e. The predicted molar refractivity (Wildman–Crippen MR) is 78.8 cm³/mol. The number of nitrogens with one attached hydrogen (secondary N) is 2. The molecule has 1 aromatic carbocycles. The van der Waals surface area contributed by atoms with Gasteiger partial charge < -0.3 is 10.6 Å². The second kappa shape index (κ2) is 6.08. The van der Waals surface area contributed by atoms with Crippen LogP contribution in [-0.4, -0.2) is 25.3 Å². The minimum atomic E-state index is 0.0483. The van der Waals surface area contributed by atoms with Gasteiger partial charge in [-0.25, -0.2) is 0 Å². The molecule has 1 aromatic rings. The van der Waals surface area contributed by atoms with E-state index >= 15 is 0 Å². The highest BCUT2D eigenvalue weighted by Gasteiger charge is 2.28. The van der Waals surface area contributed by atoms with Crippen molar-refractivity contribution in [3.05, 3.63) is 28.2 Å². The lowest BCUT2D eigenvalue weighted by atomic mass is 9.95. The summed E-state index contributed by atoms with van der Waals surface area (Å²) < 4.78 is 1.06. The molecule has 2 rings (SSSR count). The third-order valence-corrected chi connectivity index (χ3v) is 4.90. The summed E-state index contributed by atoms with van der Waals surface area (Å²) in [7, 11) is 1.78. The van der Waals surface area contributed by atoms with Crippen molar-refractivity contribution < 1.29 is 4.79 Å². The maximum absolute atomic E-state index is 11.8. The van der Waals surface area contributed by atoms with Gasteiger partial charge in [0.05, 0.1) is 12.6 Å². The van der Waals surface area contributed by atoms with Crippen molar-refractivity contribution in [1.29, 1.82) is 0 Å². The third-order valence-electron chi connectivity index (χ3n) is 3.03. The van der Waals surface area contributed by atoms with Crippen molar-refractivity contribution in [3.8, 4) is 0 Å². The largest absolute Gasteiger partial charge is 0.348 e. The van der Waals surface area contributed by atoms with Crippen LogP contribution >= 0.6 is 27.7 Å². The number of hydrogen-bond acceptors (Lipinski definition) is 3. The Hall–Kier alpha value is -0.520. The lowest BCUT2D eigenvalue weighted by Gasteiger charge is -2.31. The van der Waals surface area contributed by atoms with Crippen LogP contribution in [-0.2, 0) is 4.79 Å². The van der Waals surface area contributed by atoms with Crippen molar-refractivity contribution in [2.75, 3.05) is 19.3 Å². The minimum absolute atomic E-state index is 0.0483. The van der Waals surface area contributed by atoms with Gasteiger partial charge >= 0.3 is 0 Å². The Bertz CT molecular complexity index is 453. The molecule has 0 saturated heterocycles. The van der Waals surface area contributed by atoms with E-state index in [2.05, 4.69) is 45.6 Å². The van der Waals surface area contributed by atoms with Gasteiger partial charge in [-0.05, 0) is 36.7 Å². The van der Waals surface area contributed by atoms with E-state index in [4.69, 9.17) is 0 Å². The van der Waals surface area contributed by atoms with Crippen LogP contribution in [0.1, 0.15) is 18.5 Å². The Morgan fingerprint density at radius 3 is 3.06 bits per heavy atom. The van der Waals surface area contributed by atoms with Crippen molar-refractivity contribution in [1.82, 2.24) is 10.6 Å². The number of amides is 1. The topological polar surface area (TPSA) is 41.1 Å². The summed E-state index contributed by atoms with van der Waals surface area (Å²) in [5.41, 5.74) is 1.22. The Morgan fingerprint density at radius 2 is 2.33 bits per heavy atom. The molecule has 1 aliphatic rings. The van der Waals surface area contributed by atoms with E-state index in [-0.39, 0.29) is 11.9 Å². The Kier molecular flexibility index (Phi) is 4.70. The summed E-state index contributed by atoms with van der Waals surface area (Å²) in [5.74, 6) is 1.53. The lowest BCUT2D eigenvalue weighted by Crippen LogP contribution is -2.39. The van der Waals surface area contributed by atoms with Gasteiger partial charge in [-0.3, -0.25) is 4.79 Å². The number of fused-ring (bicyclic) bond motifs is 1. The van der Waals surface area contributed by atoms with Crippen molar-refractivity contribution in [2.24, 2.45) is 5.92 Å². The van der Waals surface area contributed by atoms with Crippen LogP contribution in [0.15, 0.2) is 27.6 Å². The molecule has 0 unspecified atom stereocenters. The molecule has 1 aliphatic heterocycles. The second-order valence-electron chi connectivity index (χ2n) is 4.55. The molecule has 1 amide bonds. The van der Waals surface area contributed by atoms with Crippen LogP contribution < -0.4 is 10.6 Å². The number of carbonyl (C=O) groups excluding carboxylic acids is 1. The first kappa shape index (κ1) is 13.9. The van der Waals surface area contributed by atoms with Crippen LogP contribution in [0.25, 0.3) is 0 Å². The zero-order chi connectivity index (χ0) is 13.1. The van der Waals surface area contributed by atoms with Crippen molar-refractivity contribution in [3.63, 3.8) is 0 Å². The fraction of sp³-hybridized carbons (Fsp3) is 0.462. The fourth-order valence-electron chi connectivity index (χ4n) is 2.12. The highest BCUT2D eigenvalue weighted by Crippen LogP contribution is 2.40. The van der Waals surface area contributed by atoms with Gasteiger partial charge in [-0.15, -0.1) is 11.8 Å². The highest BCUT2D eigenvalue weighted by atomic mass is 79.9. The molecule has 0 spiro atoms. The first-order valence-electron chi connectivity index (χ1n) is 5.98. The highest BCUT2D eigenvalue weighted by molar-refractivity contribution is 9.10. The second-order valence-corrected chi connectivity index (χ2v) is 6.52. The zero-order valence-electron chi connectivity index (χ0n) is 10.5. The Morgan fingerprint density at radius 1 is 1.56 bits per heavy atom. The lowest BCUT2D eigenvalue weighted by molar-refractivity contribution is -0.121. The molecule has 2 N–H and O–H groups in total. The van der Waals surface area contributed by atoms with Gasteiger partial charge in [0, 0.05) is 15.1 Å². The van der Waals surface area contributed by atoms with Gasteiger partial charge in [0.1, 0.15) is 0 Å². The van der Waals surface area contributed by atoms with Gasteiger partial charge in [0.25, 0.3) is 0 Å². The number of likely N-dealkylation sites (N-methyl/N-ethyl adjacent to an activating group) is 1. The quantitative estimate of drug-likeness (QED) is 0.896. The van der Waals surface area contributed by atoms with Gasteiger partial charge in [0.2, 0.25) is 5.91 Å². The molecule has 98 valence electrons. The molecule has 0 aliphatic carbocycles. The SMILES string of the molecule is CNCC(=O)N[C@H]1c2cc(Br)ccc2SC[C@H]1C. The van der Waals surface area contributed by atoms with Crippen LogP contribution in [0.2, 0.25) is 0 Å². The maximum atomic E-state index is 11.8. The van der Waals surface area contributed by atoms with E-state index in [1.165, 1.54) is 10.5 Å². The van der Waals surface area contributed by atoms with E-state index in [0.717, 1.165) is 10.2 Å². The molecule has 5 heteroatoms. The summed E-state index contributed by atoms with van der Waals surface area (Å²) in [5, 5.41) is 6.00. The predicted octanol–water partition coefficient (Wildman–Crippen LogP) is 2.57. The van der Waals surface area contributed by atoms with E-state index in [9.17, 15) is 4.79 Å². The van der Waals surface area contributed by atoms with Crippen LogP contribution in [0.5, 0.6) is 0 Å². The van der Waals surface area contributed by atoms with E-state index in [1.807, 2.05) is 17.8 Å². The third kappa shape index (κ3) is 3.08. The molecular formula is C13H17BrN2OS. The Balaban J connectivity index is 2.24. The molecule has 18 heavy (non-hydrogen) atoms. The number of thioether (sulfide) groups is 1. The summed E-state index contributed by atoms with van der Waals surface area (Å²) in [6, 6.07) is 6.39. The van der Waals surface area contributed by atoms with Crippen LogP contribution in [0, 0.1) is 5.92 Å². The number of rotatable bonds is 3. The van der Waals surface area contributed by atoms with E-state index < -0.39 is 0 Å². The molecule has 0 bridgehead atoms. The van der Waals surface area contributed by atoms with Crippen molar-refractivity contribution >= 4 is 33.6 Å². The fourth-order valence-corrected chi connectivity index (χ4v) is 3.65. The van der Waals surface area contributed by atoms with Gasteiger partial charge in [0.15, 0.2) is 0 Å². The molecule has 0 aromatic heterocycles. The smallest absolute Gasteiger partial charge is 0.234 e. The van der Waals surface area contributed by atoms with Crippen LogP contribution in [0.4, 0.5) is 0 Å². The molecule has 0 radical (unpaired) electrons.